The second-order valence-electron chi connectivity index (χ2n) is 6.95. The third-order valence-electron chi connectivity index (χ3n) is 4.62. The predicted molar refractivity (Wildman–Crippen MR) is 99.1 cm³/mol. The van der Waals surface area contributed by atoms with E-state index in [0.29, 0.717) is 17.6 Å². The number of guanidine groups is 1. The van der Waals surface area contributed by atoms with Crippen LogP contribution in [0.5, 0.6) is 0 Å². The van der Waals surface area contributed by atoms with Gasteiger partial charge in [0, 0.05) is 20.1 Å². The molecule has 0 heterocycles. The fraction of sp³-hybridized carbons (Fsp3) is 0.579. The van der Waals surface area contributed by atoms with Crippen LogP contribution >= 0.6 is 0 Å². The Bertz CT molecular complexity index is 624. The van der Waals surface area contributed by atoms with Gasteiger partial charge in [0.1, 0.15) is 12.4 Å². The van der Waals surface area contributed by atoms with Gasteiger partial charge in [-0.2, -0.15) is 0 Å². The highest BCUT2D eigenvalue weighted by Crippen LogP contribution is 2.19. The molecule has 2 N–H and O–H groups in total. The molecule has 1 aromatic carbocycles. The molecule has 1 aliphatic carbocycles. The van der Waals surface area contributed by atoms with Crippen LogP contribution in [0.1, 0.15) is 49.8 Å². The first-order chi connectivity index (χ1) is 11.9. The van der Waals surface area contributed by atoms with E-state index in [1.54, 1.807) is 33.2 Å². The SMILES string of the molecule is Cc1ccc(C(C)NC(=NCC(=O)N(C)C)NC2CCCC2)cc1F. The van der Waals surface area contributed by atoms with Crippen LogP contribution in [0, 0.1) is 12.7 Å². The summed E-state index contributed by atoms with van der Waals surface area (Å²) in [5, 5.41) is 6.71. The maximum absolute atomic E-state index is 13.8. The van der Waals surface area contributed by atoms with Crippen molar-refractivity contribution in [3.63, 3.8) is 0 Å². The Morgan fingerprint density at radius 1 is 1.36 bits per heavy atom. The number of amides is 1. The normalized spacial score (nSPS) is 16.6. The minimum atomic E-state index is -0.212. The van der Waals surface area contributed by atoms with Crippen molar-refractivity contribution in [2.24, 2.45) is 4.99 Å². The fourth-order valence-electron chi connectivity index (χ4n) is 2.85. The molecule has 0 spiro atoms. The van der Waals surface area contributed by atoms with Gasteiger partial charge in [-0.15, -0.1) is 0 Å². The topological polar surface area (TPSA) is 56.7 Å². The number of likely N-dealkylation sites (N-methyl/N-ethyl adjacent to an activating group) is 1. The van der Waals surface area contributed by atoms with E-state index in [9.17, 15) is 9.18 Å². The second-order valence-corrected chi connectivity index (χ2v) is 6.95. The Hall–Kier alpha value is -2.11. The lowest BCUT2D eigenvalue weighted by Crippen LogP contribution is -2.44. The molecule has 5 nitrogen and oxygen atoms in total. The van der Waals surface area contributed by atoms with Crippen molar-refractivity contribution in [3.8, 4) is 0 Å². The van der Waals surface area contributed by atoms with Gasteiger partial charge in [0.15, 0.2) is 5.96 Å². The molecule has 1 aliphatic rings. The fourth-order valence-corrected chi connectivity index (χ4v) is 2.85. The molecule has 0 bridgehead atoms. The third kappa shape index (κ3) is 5.73. The Kier molecular flexibility index (Phi) is 6.79. The first kappa shape index (κ1) is 19.2. The van der Waals surface area contributed by atoms with Gasteiger partial charge < -0.3 is 15.5 Å². The molecule has 0 saturated heterocycles. The number of hydrogen-bond donors (Lipinski definition) is 2. The van der Waals surface area contributed by atoms with Crippen molar-refractivity contribution in [1.82, 2.24) is 15.5 Å². The van der Waals surface area contributed by atoms with Crippen LogP contribution in [-0.4, -0.2) is 43.4 Å². The lowest BCUT2D eigenvalue weighted by molar-refractivity contribution is -0.127. The number of rotatable bonds is 5. The molecule has 0 aliphatic heterocycles. The van der Waals surface area contributed by atoms with E-state index in [-0.39, 0.29) is 24.3 Å². The molecule has 138 valence electrons. The highest BCUT2D eigenvalue weighted by molar-refractivity contribution is 5.85. The molecule has 1 fully saturated rings. The number of aliphatic imine (C=N–C) groups is 1. The maximum atomic E-state index is 13.8. The standard InChI is InChI=1S/C19H29FN4O/c1-13-9-10-15(11-17(13)20)14(2)22-19(21-12-18(25)24(3)4)23-16-7-5-6-8-16/h9-11,14,16H,5-8,12H2,1-4H3,(H2,21,22,23). The van der Waals surface area contributed by atoms with E-state index in [0.717, 1.165) is 18.4 Å². The average Bonchev–Trinajstić information content (AvgIpc) is 3.07. The number of benzene rings is 1. The molecule has 25 heavy (non-hydrogen) atoms. The number of nitrogens with zero attached hydrogens (tertiary/aromatic N) is 2. The van der Waals surface area contributed by atoms with E-state index in [4.69, 9.17) is 0 Å². The van der Waals surface area contributed by atoms with Gasteiger partial charge in [-0.25, -0.2) is 9.38 Å². The van der Waals surface area contributed by atoms with E-state index in [2.05, 4.69) is 15.6 Å². The highest BCUT2D eigenvalue weighted by Gasteiger charge is 2.18. The average molecular weight is 348 g/mol. The summed E-state index contributed by atoms with van der Waals surface area (Å²) in [6, 6.07) is 5.50. The van der Waals surface area contributed by atoms with Crippen molar-refractivity contribution in [1.29, 1.82) is 0 Å². The van der Waals surface area contributed by atoms with E-state index >= 15 is 0 Å². The zero-order chi connectivity index (χ0) is 18.4. The van der Waals surface area contributed by atoms with Gasteiger partial charge in [0.2, 0.25) is 5.91 Å². The predicted octanol–water partition coefficient (Wildman–Crippen LogP) is 2.76. The molecule has 1 amide bonds. The van der Waals surface area contributed by atoms with Crippen molar-refractivity contribution < 1.29 is 9.18 Å². The summed E-state index contributed by atoms with van der Waals surface area (Å²) >= 11 is 0. The second kappa shape index (κ2) is 8.83. The number of hydrogen-bond acceptors (Lipinski definition) is 2. The summed E-state index contributed by atoms with van der Waals surface area (Å²) in [5.74, 6) is 0.341. The molecule has 0 radical (unpaired) electrons. The van der Waals surface area contributed by atoms with E-state index in [1.807, 2.05) is 13.0 Å². The molecular formula is C19H29FN4O. The van der Waals surface area contributed by atoms with Crippen molar-refractivity contribution in [2.45, 2.75) is 51.6 Å². The highest BCUT2D eigenvalue weighted by atomic mass is 19.1. The quantitative estimate of drug-likeness (QED) is 0.635. The Labute approximate surface area is 149 Å². The molecule has 0 aromatic heterocycles. The van der Waals surface area contributed by atoms with Crippen LogP contribution < -0.4 is 10.6 Å². The van der Waals surface area contributed by atoms with Gasteiger partial charge in [-0.05, 0) is 43.9 Å². The van der Waals surface area contributed by atoms with Gasteiger partial charge in [0.25, 0.3) is 0 Å². The first-order valence-corrected chi connectivity index (χ1v) is 8.90. The van der Waals surface area contributed by atoms with Crippen LogP contribution in [-0.2, 0) is 4.79 Å². The first-order valence-electron chi connectivity index (χ1n) is 8.90. The number of halogens is 1. The molecule has 1 aromatic rings. The summed E-state index contributed by atoms with van der Waals surface area (Å²) in [6.07, 6.45) is 4.63. The summed E-state index contributed by atoms with van der Waals surface area (Å²) in [7, 11) is 3.43. The van der Waals surface area contributed by atoms with Crippen molar-refractivity contribution >= 4 is 11.9 Å². The van der Waals surface area contributed by atoms with Crippen molar-refractivity contribution in [2.75, 3.05) is 20.6 Å². The van der Waals surface area contributed by atoms with Gasteiger partial charge >= 0.3 is 0 Å². The smallest absolute Gasteiger partial charge is 0.243 e. The summed E-state index contributed by atoms with van der Waals surface area (Å²) in [5.41, 5.74) is 1.48. The van der Waals surface area contributed by atoms with Gasteiger partial charge in [-0.1, -0.05) is 25.0 Å². The summed E-state index contributed by atoms with van der Waals surface area (Å²) in [6.45, 7) is 3.80. The summed E-state index contributed by atoms with van der Waals surface area (Å²) in [4.78, 5) is 17.8. The van der Waals surface area contributed by atoms with Crippen LogP contribution in [0.3, 0.4) is 0 Å². The lowest BCUT2D eigenvalue weighted by Gasteiger charge is -2.22. The van der Waals surface area contributed by atoms with E-state index in [1.165, 1.54) is 17.7 Å². The number of nitrogens with one attached hydrogen (secondary N) is 2. The Balaban J connectivity index is 2.08. The largest absolute Gasteiger partial charge is 0.354 e. The zero-order valence-corrected chi connectivity index (χ0v) is 15.6. The third-order valence-corrected chi connectivity index (χ3v) is 4.62. The minimum absolute atomic E-state index is 0.0541. The Morgan fingerprint density at radius 2 is 2.04 bits per heavy atom. The number of carbonyl (C=O) groups is 1. The molecule has 1 unspecified atom stereocenters. The zero-order valence-electron chi connectivity index (χ0n) is 15.6. The van der Waals surface area contributed by atoms with Crippen LogP contribution in [0.4, 0.5) is 4.39 Å². The molecule has 2 rings (SSSR count). The minimum Gasteiger partial charge on any atom is -0.354 e. The molecular weight excluding hydrogens is 319 g/mol. The van der Waals surface area contributed by atoms with E-state index < -0.39 is 0 Å². The molecule has 6 heteroatoms. The monoisotopic (exact) mass is 348 g/mol. The molecule has 1 atom stereocenters. The maximum Gasteiger partial charge on any atom is 0.243 e. The van der Waals surface area contributed by atoms with Crippen LogP contribution in [0.2, 0.25) is 0 Å². The number of carbonyl (C=O) groups excluding carboxylic acids is 1. The van der Waals surface area contributed by atoms with Gasteiger partial charge in [0.05, 0.1) is 6.04 Å². The molecule has 1 saturated carbocycles. The summed E-state index contributed by atoms with van der Waals surface area (Å²) < 4.78 is 13.8. The van der Waals surface area contributed by atoms with Crippen LogP contribution in [0.25, 0.3) is 0 Å². The Morgan fingerprint density at radius 3 is 2.64 bits per heavy atom. The van der Waals surface area contributed by atoms with Crippen LogP contribution in [0.15, 0.2) is 23.2 Å². The van der Waals surface area contributed by atoms with Gasteiger partial charge in [-0.3, -0.25) is 4.79 Å². The number of aryl methyl sites for hydroxylation is 1. The lowest BCUT2D eigenvalue weighted by atomic mass is 10.1. The van der Waals surface area contributed by atoms with Crippen molar-refractivity contribution in [3.05, 3.63) is 35.1 Å².